The summed E-state index contributed by atoms with van der Waals surface area (Å²) in [6, 6.07) is 7.35. The number of halogens is 2. The van der Waals surface area contributed by atoms with Crippen molar-refractivity contribution < 1.29 is 24.1 Å². The highest BCUT2D eigenvalue weighted by molar-refractivity contribution is 6.30. The van der Waals surface area contributed by atoms with E-state index in [1.807, 2.05) is 20.8 Å². The van der Waals surface area contributed by atoms with Gasteiger partial charge in [-0.1, -0.05) is 44.5 Å². The highest BCUT2D eigenvalue weighted by Crippen LogP contribution is 2.36. The standard InChI is InChI=1S/C24H25ClFNO5/c1-24(2,3)19(12-28)27-11-16(23(30)31)22(29)15-9-13(10-18(32-4)21(15)27)8-14-6-5-7-17(25)20(14)26/h5-7,9-11,19,28H,8,12H2,1-4H3,(H,30,31). The molecule has 2 N–H and O–H groups in total. The number of aromatic nitrogens is 1. The number of methoxy groups -OCH3 is 1. The second-order valence-electron chi connectivity index (χ2n) is 8.73. The lowest BCUT2D eigenvalue weighted by atomic mass is 9.86. The van der Waals surface area contributed by atoms with Crippen molar-refractivity contribution in [3.8, 4) is 5.75 Å². The van der Waals surface area contributed by atoms with Crippen LogP contribution in [0.2, 0.25) is 5.02 Å². The van der Waals surface area contributed by atoms with E-state index in [-0.39, 0.29) is 23.4 Å². The normalized spacial score (nSPS) is 12.7. The quantitative estimate of drug-likeness (QED) is 0.556. The maximum atomic E-state index is 14.4. The summed E-state index contributed by atoms with van der Waals surface area (Å²) < 4.78 is 21.6. The first-order valence-corrected chi connectivity index (χ1v) is 10.4. The minimum absolute atomic E-state index is 0.0123. The number of carboxylic acids is 1. The Morgan fingerprint density at radius 1 is 1.28 bits per heavy atom. The largest absolute Gasteiger partial charge is 0.495 e. The van der Waals surface area contributed by atoms with Crippen LogP contribution in [-0.2, 0) is 6.42 Å². The van der Waals surface area contributed by atoms with Gasteiger partial charge in [0, 0.05) is 12.6 Å². The summed E-state index contributed by atoms with van der Waals surface area (Å²) in [5, 5.41) is 19.8. The van der Waals surface area contributed by atoms with Gasteiger partial charge in [0.2, 0.25) is 5.43 Å². The van der Waals surface area contributed by atoms with Gasteiger partial charge in [-0.3, -0.25) is 4.79 Å². The topological polar surface area (TPSA) is 88.8 Å². The highest BCUT2D eigenvalue weighted by atomic mass is 35.5. The predicted molar refractivity (Wildman–Crippen MR) is 122 cm³/mol. The number of carboxylic acid groups (broad SMARTS) is 1. The van der Waals surface area contributed by atoms with E-state index in [1.165, 1.54) is 19.4 Å². The number of fused-ring (bicyclic) bond motifs is 1. The summed E-state index contributed by atoms with van der Waals surface area (Å²) in [5.41, 5.74) is -0.309. The van der Waals surface area contributed by atoms with Crippen molar-refractivity contribution in [1.29, 1.82) is 0 Å². The number of carbonyl (C=O) groups is 1. The van der Waals surface area contributed by atoms with Gasteiger partial charge >= 0.3 is 5.97 Å². The van der Waals surface area contributed by atoms with Gasteiger partial charge in [0.05, 0.1) is 35.7 Å². The number of benzene rings is 2. The number of aromatic carboxylic acids is 1. The molecule has 1 aromatic heterocycles. The van der Waals surface area contributed by atoms with Gasteiger partial charge in [-0.05, 0) is 34.7 Å². The molecule has 32 heavy (non-hydrogen) atoms. The SMILES string of the molecule is COc1cc(Cc2cccc(Cl)c2F)cc2c(=O)c(C(=O)O)cn(C(CO)C(C)(C)C)c12. The number of pyridine rings is 1. The molecule has 0 saturated carbocycles. The Morgan fingerprint density at radius 3 is 2.53 bits per heavy atom. The van der Waals surface area contributed by atoms with Gasteiger partial charge in [0.25, 0.3) is 0 Å². The molecule has 1 atom stereocenters. The number of rotatable bonds is 6. The van der Waals surface area contributed by atoms with Gasteiger partial charge in [-0.15, -0.1) is 0 Å². The summed E-state index contributed by atoms with van der Waals surface area (Å²) in [6.45, 7) is 5.43. The van der Waals surface area contributed by atoms with Crippen molar-refractivity contribution in [3.63, 3.8) is 0 Å². The molecule has 2 aromatic carbocycles. The maximum Gasteiger partial charge on any atom is 0.341 e. The smallest absolute Gasteiger partial charge is 0.341 e. The van der Waals surface area contributed by atoms with E-state index < -0.39 is 34.2 Å². The van der Waals surface area contributed by atoms with Crippen LogP contribution in [0.1, 0.15) is 48.3 Å². The molecular weight excluding hydrogens is 437 g/mol. The lowest BCUT2D eigenvalue weighted by molar-refractivity contribution is 0.0692. The van der Waals surface area contributed by atoms with Crippen LogP contribution in [0.25, 0.3) is 10.9 Å². The zero-order valence-electron chi connectivity index (χ0n) is 18.3. The van der Waals surface area contributed by atoms with Crippen LogP contribution in [0.15, 0.2) is 41.3 Å². The van der Waals surface area contributed by atoms with Crippen molar-refractivity contribution >= 4 is 28.5 Å². The van der Waals surface area contributed by atoms with Crippen LogP contribution in [0.3, 0.4) is 0 Å². The van der Waals surface area contributed by atoms with Crippen LogP contribution in [-0.4, -0.2) is 34.5 Å². The van der Waals surface area contributed by atoms with Crippen LogP contribution in [0.5, 0.6) is 5.75 Å². The van der Waals surface area contributed by atoms with E-state index in [1.54, 1.807) is 28.8 Å². The van der Waals surface area contributed by atoms with Crippen LogP contribution < -0.4 is 10.2 Å². The van der Waals surface area contributed by atoms with Crippen molar-refractivity contribution in [2.45, 2.75) is 33.2 Å². The minimum atomic E-state index is -1.37. The number of aliphatic hydroxyl groups excluding tert-OH is 1. The van der Waals surface area contributed by atoms with Gasteiger partial charge in [0.15, 0.2) is 0 Å². The van der Waals surface area contributed by atoms with E-state index in [2.05, 4.69) is 0 Å². The third-order valence-corrected chi connectivity index (χ3v) is 5.83. The average Bonchev–Trinajstić information content (AvgIpc) is 2.71. The molecule has 0 fully saturated rings. The zero-order chi connectivity index (χ0) is 23.8. The molecular formula is C24H25ClFNO5. The van der Waals surface area contributed by atoms with Crippen LogP contribution >= 0.6 is 11.6 Å². The van der Waals surface area contributed by atoms with Crippen molar-refractivity contribution in [2.24, 2.45) is 5.41 Å². The minimum Gasteiger partial charge on any atom is -0.495 e. The van der Waals surface area contributed by atoms with E-state index in [0.29, 0.717) is 22.4 Å². The lowest BCUT2D eigenvalue weighted by Crippen LogP contribution is -2.30. The Bertz CT molecular complexity index is 1250. The number of ether oxygens (including phenoxy) is 1. The summed E-state index contributed by atoms with van der Waals surface area (Å²) in [6.07, 6.45) is 1.37. The lowest BCUT2D eigenvalue weighted by Gasteiger charge is -2.33. The van der Waals surface area contributed by atoms with E-state index in [0.717, 1.165) is 0 Å². The van der Waals surface area contributed by atoms with Crippen LogP contribution in [0, 0.1) is 11.2 Å². The van der Waals surface area contributed by atoms with Gasteiger partial charge < -0.3 is 19.5 Å². The van der Waals surface area contributed by atoms with Crippen molar-refractivity contribution in [2.75, 3.05) is 13.7 Å². The molecule has 170 valence electrons. The first-order chi connectivity index (χ1) is 15.0. The Hall–Kier alpha value is -2.90. The summed E-state index contributed by atoms with van der Waals surface area (Å²) >= 11 is 5.89. The Balaban J connectivity index is 2.36. The highest BCUT2D eigenvalue weighted by Gasteiger charge is 2.29. The molecule has 0 aliphatic rings. The van der Waals surface area contributed by atoms with E-state index in [4.69, 9.17) is 16.3 Å². The Morgan fingerprint density at radius 2 is 1.97 bits per heavy atom. The number of aliphatic hydroxyl groups is 1. The van der Waals surface area contributed by atoms with Crippen LogP contribution in [0.4, 0.5) is 4.39 Å². The fraction of sp³-hybridized carbons (Fsp3) is 0.333. The molecule has 6 nitrogen and oxygen atoms in total. The molecule has 0 saturated heterocycles. The molecule has 0 aliphatic heterocycles. The summed E-state index contributed by atoms with van der Waals surface area (Å²) in [5.74, 6) is -1.61. The molecule has 0 spiro atoms. The summed E-state index contributed by atoms with van der Waals surface area (Å²) in [4.78, 5) is 24.9. The Kier molecular flexibility index (Phi) is 6.62. The molecule has 0 bridgehead atoms. The Labute approximate surface area is 189 Å². The maximum absolute atomic E-state index is 14.4. The monoisotopic (exact) mass is 461 g/mol. The predicted octanol–water partition coefficient (Wildman–Crippen LogP) is 4.67. The third-order valence-electron chi connectivity index (χ3n) is 5.54. The fourth-order valence-electron chi connectivity index (χ4n) is 3.85. The molecule has 0 aliphatic carbocycles. The van der Waals surface area contributed by atoms with Crippen molar-refractivity contribution in [1.82, 2.24) is 4.57 Å². The first-order valence-electron chi connectivity index (χ1n) is 10.0. The average molecular weight is 462 g/mol. The first kappa shape index (κ1) is 23.8. The molecule has 8 heteroatoms. The second-order valence-corrected chi connectivity index (χ2v) is 9.14. The van der Waals surface area contributed by atoms with Gasteiger partial charge in [-0.25, -0.2) is 9.18 Å². The van der Waals surface area contributed by atoms with Gasteiger partial charge in [0.1, 0.15) is 17.1 Å². The fourth-order valence-corrected chi connectivity index (χ4v) is 4.05. The zero-order valence-corrected chi connectivity index (χ0v) is 19.0. The van der Waals surface area contributed by atoms with E-state index >= 15 is 0 Å². The number of hydrogen-bond donors (Lipinski definition) is 2. The number of hydrogen-bond acceptors (Lipinski definition) is 4. The van der Waals surface area contributed by atoms with Crippen molar-refractivity contribution in [3.05, 3.63) is 74.3 Å². The molecule has 3 aromatic rings. The molecule has 0 amide bonds. The number of nitrogens with zero attached hydrogens (tertiary/aromatic N) is 1. The molecule has 1 unspecified atom stereocenters. The van der Waals surface area contributed by atoms with E-state index in [9.17, 15) is 24.2 Å². The molecule has 1 heterocycles. The second kappa shape index (κ2) is 8.92. The summed E-state index contributed by atoms with van der Waals surface area (Å²) in [7, 11) is 1.43. The van der Waals surface area contributed by atoms with Gasteiger partial charge in [-0.2, -0.15) is 0 Å². The third kappa shape index (κ3) is 4.36. The molecule has 0 radical (unpaired) electrons. The molecule has 3 rings (SSSR count).